The van der Waals surface area contributed by atoms with Crippen molar-refractivity contribution in [2.24, 2.45) is 0 Å². The van der Waals surface area contributed by atoms with Crippen molar-refractivity contribution in [3.63, 3.8) is 0 Å². The molecule has 32 heavy (non-hydrogen) atoms. The Kier molecular flexibility index (Phi) is 6.40. The highest BCUT2D eigenvalue weighted by atomic mass is 16.5. The third-order valence-electron chi connectivity index (χ3n) is 5.26. The van der Waals surface area contributed by atoms with E-state index in [2.05, 4.69) is 5.32 Å². The maximum Gasteiger partial charge on any atom is 0.267 e. The Morgan fingerprint density at radius 2 is 1.81 bits per heavy atom. The number of anilines is 2. The Hall–Kier alpha value is -3.80. The van der Waals surface area contributed by atoms with Crippen LogP contribution in [0, 0.1) is 6.92 Å². The van der Waals surface area contributed by atoms with E-state index in [1.54, 1.807) is 30.0 Å². The number of ether oxygens (including phenoxy) is 2. The first-order valence-electron chi connectivity index (χ1n) is 10.6. The molecule has 2 amide bonds. The van der Waals surface area contributed by atoms with Crippen molar-refractivity contribution < 1.29 is 19.1 Å². The molecule has 1 aliphatic heterocycles. The fourth-order valence-corrected chi connectivity index (χ4v) is 3.59. The molecular formula is C26H26N2O4. The van der Waals surface area contributed by atoms with Crippen molar-refractivity contribution in [1.82, 2.24) is 0 Å². The van der Waals surface area contributed by atoms with Gasteiger partial charge in [-0.05, 0) is 43.7 Å². The fourth-order valence-electron chi connectivity index (χ4n) is 3.59. The summed E-state index contributed by atoms with van der Waals surface area (Å²) in [5.74, 6) is 1.09. The molecule has 0 aliphatic carbocycles. The average molecular weight is 431 g/mol. The van der Waals surface area contributed by atoms with Crippen LogP contribution in [0.15, 0.2) is 72.8 Å². The van der Waals surface area contributed by atoms with Crippen LogP contribution in [0.5, 0.6) is 11.5 Å². The number of aryl methyl sites for hydroxylation is 1. The van der Waals surface area contributed by atoms with Gasteiger partial charge in [-0.25, -0.2) is 0 Å². The molecule has 6 nitrogen and oxygen atoms in total. The molecule has 1 atom stereocenters. The van der Waals surface area contributed by atoms with Gasteiger partial charge >= 0.3 is 0 Å². The van der Waals surface area contributed by atoms with Crippen molar-refractivity contribution in [3.8, 4) is 11.5 Å². The molecule has 3 aromatic rings. The molecule has 0 fully saturated rings. The van der Waals surface area contributed by atoms with E-state index in [0.29, 0.717) is 30.3 Å². The molecule has 0 aromatic heterocycles. The molecule has 0 saturated heterocycles. The number of amides is 2. The van der Waals surface area contributed by atoms with E-state index in [-0.39, 0.29) is 18.2 Å². The van der Waals surface area contributed by atoms with Gasteiger partial charge in [-0.1, -0.05) is 48.0 Å². The first-order valence-corrected chi connectivity index (χ1v) is 10.6. The maximum absolute atomic E-state index is 12.7. The van der Waals surface area contributed by atoms with Crippen molar-refractivity contribution >= 4 is 23.2 Å². The highest BCUT2D eigenvalue weighted by Gasteiger charge is 2.31. The lowest BCUT2D eigenvalue weighted by atomic mass is 10.1. The van der Waals surface area contributed by atoms with E-state index in [1.165, 1.54) is 0 Å². The van der Waals surface area contributed by atoms with Crippen molar-refractivity contribution in [1.29, 1.82) is 0 Å². The minimum atomic E-state index is -0.614. The van der Waals surface area contributed by atoms with Crippen LogP contribution in [0.2, 0.25) is 0 Å². The summed E-state index contributed by atoms with van der Waals surface area (Å²) in [6.07, 6.45) is -0.326. The lowest BCUT2D eigenvalue weighted by Gasteiger charge is -2.33. The zero-order valence-electron chi connectivity index (χ0n) is 18.2. The van der Waals surface area contributed by atoms with Gasteiger partial charge in [-0.3, -0.25) is 9.59 Å². The first kappa shape index (κ1) is 21.4. The van der Waals surface area contributed by atoms with Gasteiger partial charge < -0.3 is 19.7 Å². The Morgan fingerprint density at radius 1 is 1.06 bits per heavy atom. The summed E-state index contributed by atoms with van der Waals surface area (Å²) in [6, 6.07) is 22.7. The molecule has 1 N–H and O–H groups in total. The predicted octanol–water partition coefficient (Wildman–Crippen LogP) is 4.37. The van der Waals surface area contributed by atoms with Gasteiger partial charge in [0.15, 0.2) is 6.10 Å². The van der Waals surface area contributed by atoms with Crippen LogP contribution in [0.1, 0.15) is 18.1 Å². The molecule has 3 aromatic carbocycles. The van der Waals surface area contributed by atoms with Crippen LogP contribution in [-0.2, 0) is 16.0 Å². The van der Waals surface area contributed by atoms with E-state index in [9.17, 15) is 9.59 Å². The number of carbonyl (C=O) groups is 2. The van der Waals surface area contributed by atoms with Gasteiger partial charge in [0.2, 0.25) is 5.91 Å². The number of nitrogens with zero attached hydrogens (tertiary/aromatic N) is 1. The maximum atomic E-state index is 12.7. The molecule has 1 aliphatic rings. The molecule has 0 saturated carbocycles. The molecule has 164 valence electrons. The van der Waals surface area contributed by atoms with Crippen molar-refractivity contribution in [2.75, 3.05) is 23.4 Å². The van der Waals surface area contributed by atoms with Gasteiger partial charge in [0.25, 0.3) is 5.91 Å². The number of benzene rings is 3. The molecule has 4 rings (SSSR count). The van der Waals surface area contributed by atoms with Crippen LogP contribution in [0.25, 0.3) is 0 Å². The molecule has 0 bridgehead atoms. The minimum Gasteiger partial charge on any atom is -0.492 e. The third-order valence-corrected chi connectivity index (χ3v) is 5.26. The summed E-state index contributed by atoms with van der Waals surface area (Å²) in [5.41, 5.74) is 3.40. The highest BCUT2D eigenvalue weighted by Crippen LogP contribution is 2.36. The average Bonchev–Trinajstić information content (AvgIpc) is 2.78. The lowest BCUT2D eigenvalue weighted by molar-refractivity contribution is -0.125. The van der Waals surface area contributed by atoms with Crippen molar-refractivity contribution in [2.45, 2.75) is 26.4 Å². The Morgan fingerprint density at radius 3 is 2.56 bits per heavy atom. The van der Waals surface area contributed by atoms with Crippen LogP contribution in [-0.4, -0.2) is 31.1 Å². The number of rotatable bonds is 7. The number of fused-ring (bicyclic) bond motifs is 1. The van der Waals surface area contributed by atoms with Crippen LogP contribution < -0.4 is 19.7 Å². The quantitative estimate of drug-likeness (QED) is 0.604. The molecule has 0 radical (unpaired) electrons. The second-order valence-electron chi connectivity index (χ2n) is 7.80. The van der Waals surface area contributed by atoms with Crippen molar-refractivity contribution in [3.05, 3.63) is 83.9 Å². The topological polar surface area (TPSA) is 67.9 Å². The van der Waals surface area contributed by atoms with Gasteiger partial charge in [-0.2, -0.15) is 0 Å². The summed E-state index contributed by atoms with van der Waals surface area (Å²) in [5, 5.41) is 2.90. The van der Waals surface area contributed by atoms with Crippen LogP contribution >= 0.6 is 0 Å². The fraction of sp³-hybridized carbons (Fsp3) is 0.231. The normalized spacial score (nSPS) is 15.0. The van der Waals surface area contributed by atoms with Gasteiger partial charge in [0.05, 0.1) is 18.7 Å². The predicted molar refractivity (Wildman–Crippen MR) is 124 cm³/mol. The van der Waals surface area contributed by atoms with Gasteiger partial charge in [-0.15, -0.1) is 0 Å². The standard InChI is InChI=1S/C26H26N2O4/c1-18-8-11-22(12-9-18)31-15-14-28-23-13-10-21(17-24(23)32-19(2)26(28)30)27-25(29)16-20-6-4-3-5-7-20/h3-13,17,19H,14-16H2,1-2H3,(H,27,29). The van der Waals surface area contributed by atoms with E-state index in [0.717, 1.165) is 16.9 Å². The number of hydrogen-bond acceptors (Lipinski definition) is 4. The van der Waals surface area contributed by atoms with Gasteiger partial charge in [0.1, 0.15) is 18.1 Å². The molecule has 0 spiro atoms. The van der Waals surface area contributed by atoms with E-state index in [4.69, 9.17) is 9.47 Å². The highest BCUT2D eigenvalue weighted by molar-refractivity contribution is 6.00. The summed E-state index contributed by atoms with van der Waals surface area (Å²) in [6.45, 7) is 4.50. The Labute approximate surface area is 187 Å². The summed E-state index contributed by atoms with van der Waals surface area (Å²) >= 11 is 0. The number of nitrogens with one attached hydrogen (secondary N) is 1. The second-order valence-corrected chi connectivity index (χ2v) is 7.80. The van der Waals surface area contributed by atoms with Crippen LogP contribution in [0.4, 0.5) is 11.4 Å². The van der Waals surface area contributed by atoms with Gasteiger partial charge in [0, 0.05) is 11.8 Å². The van der Waals surface area contributed by atoms with E-state index >= 15 is 0 Å². The number of carbonyl (C=O) groups excluding carboxylic acids is 2. The molecule has 6 heteroatoms. The second kappa shape index (κ2) is 9.56. The monoisotopic (exact) mass is 430 g/mol. The zero-order valence-corrected chi connectivity index (χ0v) is 18.2. The molecular weight excluding hydrogens is 404 g/mol. The Balaban J connectivity index is 1.43. The molecule has 1 heterocycles. The first-order chi connectivity index (χ1) is 15.5. The largest absolute Gasteiger partial charge is 0.492 e. The minimum absolute atomic E-state index is 0.112. The third kappa shape index (κ3) is 5.09. The Bertz CT molecular complexity index is 1100. The van der Waals surface area contributed by atoms with E-state index in [1.807, 2.05) is 61.5 Å². The molecule has 1 unspecified atom stereocenters. The lowest BCUT2D eigenvalue weighted by Crippen LogP contribution is -2.46. The summed E-state index contributed by atoms with van der Waals surface area (Å²) < 4.78 is 11.6. The van der Waals surface area contributed by atoms with Crippen LogP contribution in [0.3, 0.4) is 0 Å². The van der Waals surface area contributed by atoms with E-state index < -0.39 is 6.10 Å². The number of hydrogen-bond donors (Lipinski definition) is 1. The smallest absolute Gasteiger partial charge is 0.267 e. The summed E-state index contributed by atoms with van der Waals surface area (Å²) in [4.78, 5) is 26.8. The summed E-state index contributed by atoms with van der Waals surface area (Å²) in [7, 11) is 0. The zero-order chi connectivity index (χ0) is 22.5. The SMILES string of the molecule is Cc1ccc(OCCN2C(=O)C(C)Oc3cc(NC(=O)Cc4ccccc4)ccc32)cc1.